The van der Waals surface area contributed by atoms with E-state index in [2.05, 4.69) is 56.2 Å². The molecule has 0 amide bonds. The molecule has 1 N–H and O–H groups in total. The Bertz CT molecular complexity index is 410. The van der Waals surface area contributed by atoms with Crippen LogP contribution in [-0.2, 0) is 0 Å². The van der Waals surface area contributed by atoms with Crippen molar-refractivity contribution in [3.05, 3.63) is 34.9 Å². The van der Waals surface area contributed by atoms with Crippen LogP contribution in [0.1, 0.15) is 42.5 Å². The summed E-state index contributed by atoms with van der Waals surface area (Å²) < 4.78 is 0. The number of nitrogens with one attached hydrogen (secondary N) is 1. The topological polar surface area (TPSA) is 15.3 Å². The van der Waals surface area contributed by atoms with E-state index in [1.807, 2.05) is 0 Å². The van der Waals surface area contributed by atoms with E-state index in [4.69, 9.17) is 0 Å². The second-order valence-electron chi connectivity index (χ2n) is 6.13. The highest BCUT2D eigenvalue weighted by Crippen LogP contribution is 2.30. The lowest BCUT2D eigenvalue weighted by Gasteiger charge is -2.26. The summed E-state index contributed by atoms with van der Waals surface area (Å²) in [7, 11) is 2.26. The first-order chi connectivity index (χ1) is 9.10. The summed E-state index contributed by atoms with van der Waals surface area (Å²) in [5, 5.41) is 3.65. The van der Waals surface area contributed by atoms with Crippen LogP contribution in [-0.4, -0.2) is 31.6 Å². The molecule has 0 aliphatic heterocycles. The van der Waals surface area contributed by atoms with E-state index in [9.17, 15) is 0 Å². The number of aryl methyl sites for hydroxylation is 2. The summed E-state index contributed by atoms with van der Waals surface area (Å²) in [6.07, 6.45) is 2.86. The molecule has 0 bridgehead atoms. The van der Waals surface area contributed by atoms with Gasteiger partial charge in [0.15, 0.2) is 0 Å². The molecular weight excluding hydrogens is 232 g/mol. The average Bonchev–Trinajstić information content (AvgIpc) is 3.15. The summed E-state index contributed by atoms with van der Waals surface area (Å²) in [5.41, 5.74) is 4.22. The number of nitrogens with zero attached hydrogens (tertiary/aromatic N) is 1. The molecule has 1 aromatic carbocycles. The molecule has 0 heterocycles. The molecule has 106 valence electrons. The van der Waals surface area contributed by atoms with E-state index < -0.39 is 0 Å². The van der Waals surface area contributed by atoms with Crippen LogP contribution >= 0.6 is 0 Å². The molecule has 1 unspecified atom stereocenters. The minimum Gasteiger partial charge on any atom is -0.309 e. The van der Waals surface area contributed by atoms with Gasteiger partial charge < -0.3 is 10.2 Å². The molecular formula is C17H28N2. The second-order valence-corrected chi connectivity index (χ2v) is 6.13. The van der Waals surface area contributed by atoms with Gasteiger partial charge in [-0.05, 0) is 57.3 Å². The predicted molar refractivity (Wildman–Crippen MR) is 82.6 cm³/mol. The summed E-state index contributed by atoms with van der Waals surface area (Å²) in [5.74, 6) is 0.964. The zero-order chi connectivity index (χ0) is 13.8. The fourth-order valence-corrected chi connectivity index (χ4v) is 2.78. The van der Waals surface area contributed by atoms with Crippen molar-refractivity contribution in [1.82, 2.24) is 10.2 Å². The molecule has 2 heteroatoms. The lowest BCUT2D eigenvalue weighted by molar-refractivity contribution is 0.281. The highest BCUT2D eigenvalue weighted by atomic mass is 15.1. The Morgan fingerprint density at radius 2 is 2.05 bits per heavy atom. The third-order valence-corrected chi connectivity index (χ3v) is 4.02. The van der Waals surface area contributed by atoms with E-state index in [0.29, 0.717) is 6.04 Å². The summed E-state index contributed by atoms with van der Waals surface area (Å²) in [4.78, 5) is 2.49. The smallest absolute Gasteiger partial charge is 0.0451 e. The van der Waals surface area contributed by atoms with Crippen LogP contribution in [0.15, 0.2) is 18.2 Å². The minimum atomic E-state index is 0.452. The van der Waals surface area contributed by atoms with E-state index in [0.717, 1.165) is 19.0 Å². The Balaban J connectivity index is 2.06. The molecule has 19 heavy (non-hydrogen) atoms. The molecule has 0 radical (unpaired) electrons. The highest BCUT2D eigenvalue weighted by molar-refractivity contribution is 5.33. The van der Waals surface area contributed by atoms with Gasteiger partial charge in [-0.3, -0.25) is 0 Å². The third-order valence-electron chi connectivity index (χ3n) is 4.02. The maximum Gasteiger partial charge on any atom is 0.0451 e. The van der Waals surface area contributed by atoms with Gasteiger partial charge in [-0.1, -0.05) is 30.7 Å². The monoisotopic (exact) mass is 260 g/mol. The Hall–Kier alpha value is -0.860. The van der Waals surface area contributed by atoms with E-state index in [1.54, 1.807) is 0 Å². The highest BCUT2D eigenvalue weighted by Gasteiger charge is 2.24. The van der Waals surface area contributed by atoms with Crippen LogP contribution in [0.3, 0.4) is 0 Å². The maximum atomic E-state index is 3.65. The first kappa shape index (κ1) is 14.5. The Labute approximate surface area is 118 Å². The van der Waals surface area contributed by atoms with Gasteiger partial charge in [0.25, 0.3) is 0 Å². The van der Waals surface area contributed by atoms with Gasteiger partial charge in [-0.25, -0.2) is 0 Å². The van der Waals surface area contributed by atoms with Crippen molar-refractivity contribution in [3.8, 4) is 0 Å². The lowest BCUT2D eigenvalue weighted by Crippen LogP contribution is -2.34. The van der Waals surface area contributed by atoms with E-state index >= 15 is 0 Å². The van der Waals surface area contributed by atoms with Crippen molar-refractivity contribution >= 4 is 0 Å². The van der Waals surface area contributed by atoms with Crippen molar-refractivity contribution in [3.63, 3.8) is 0 Å². The van der Waals surface area contributed by atoms with Gasteiger partial charge in [-0.15, -0.1) is 0 Å². The summed E-state index contributed by atoms with van der Waals surface area (Å²) in [6, 6.07) is 7.24. The van der Waals surface area contributed by atoms with Crippen LogP contribution in [0, 0.1) is 19.8 Å². The van der Waals surface area contributed by atoms with Crippen LogP contribution in [0.2, 0.25) is 0 Å². The van der Waals surface area contributed by atoms with Crippen molar-refractivity contribution in [1.29, 1.82) is 0 Å². The first-order valence-electron chi connectivity index (χ1n) is 7.59. The largest absolute Gasteiger partial charge is 0.309 e. The van der Waals surface area contributed by atoms with E-state index in [-0.39, 0.29) is 0 Å². The van der Waals surface area contributed by atoms with Gasteiger partial charge in [0, 0.05) is 19.1 Å². The fraction of sp³-hybridized carbons (Fsp3) is 0.647. The van der Waals surface area contributed by atoms with Crippen LogP contribution in [0.4, 0.5) is 0 Å². The van der Waals surface area contributed by atoms with Gasteiger partial charge in [0.1, 0.15) is 0 Å². The van der Waals surface area contributed by atoms with Crippen molar-refractivity contribution in [2.45, 2.75) is 39.7 Å². The molecule has 0 aromatic heterocycles. The van der Waals surface area contributed by atoms with Crippen LogP contribution in [0.25, 0.3) is 0 Å². The van der Waals surface area contributed by atoms with Gasteiger partial charge in [0.05, 0.1) is 0 Å². The van der Waals surface area contributed by atoms with Gasteiger partial charge >= 0.3 is 0 Å². The van der Waals surface area contributed by atoms with Gasteiger partial charge in [0.2, 0.25) is 0 Å². The van der Waals surface area contributed by atoms with Gasteiger partial charge in [-0.2, -0.15) is 0 Å². The number of benzene rings is 1. The molecule has 1 aliphatic rings. The molecule has 1 fully saturated rings. The Morgan fingerprint density at radius 3 is 2.68 bits per heavy atom. The number of likely N-dealkylation sites (N-methyl/N-ethyl adjacent to an activating group) is 2. The third kappa shape index (κ3) is 4.32. The fourth-order valence-electron chi connectivity index (χ4n) is 2.78. The number of hydrogen-bond donors (Lipinski definition) is 1. The molecule has 0 spiro atoms. The normalized spacial score (nSPS) is 16.9. The van der Waals surface area contributed by atoms with E-state index in [1.165, 1.54) is 36.1 Å². The lowest BCUT2D eigenvalue weighted by atomic mass is 9.98. The second kappa shape index (κ2) is 6.53. The Morgan fingerprint density at radius 1 is 1.32 bits per heavy atom. The molecule has 1 aromatic rings. The zero-order valence-corrected chi connectivity index (χ0v) is 12.9. The first-order valence-corrected chi connectivity index (χ1v) is 7.59. The molecule has 1 aliphatic carbocycles. The quantitative estimate of drug-likeness (QED) is 0.809. The maximum absolute atomic E-state index is 3.65. The minimum absolute atomic E-state index is 0.452. The van der Waals surface area contributed by atoms with Crippen LogP contribution in [0.5, 0.6) is 0 Å². The number of rotatable bonds is 7. The van der Waals surface area contributed by atoms with Crippen molar-refractivity contribution < 1.29 is 0 Å². The standard InChI is InChI=1S/C17H28N2/c1-5-18-17(12-19(4)11-15-8-9-15)16-10-13(2)6-7-14(16)3/h6-7,10,15,17-18H,5,8-9,11-12H2,1-4H3. The molecule has 2 rings (SSSR count). The summed E-state index contributed by atoms with van der Waals surface area (Å²) in [6.45, 7) is 9.98. The zero-order valence-electron chi connectivity index (χ0n) is 12.9. The molecule has 2 nitrogen and oxygen atoms in total. The van der Waals surface area contributed by atoms with Crippen molar-refractivity contribution in [2.24, 2.45) is 5.92 Å². The molecule has 1 atom stereocenters. The molecule has 1 saturated carbocycles. The Kier molecular flexibility index (Phi) is 5.00. The average molecular weight is 260 g/mol. The predicted octanol–water partition coefficient (Wildman–Crippen LogP) is 3.30. The number of hydrogen-bond acceptors (Lipinski definition) is 2. The summed E-state index contributed by atoms with van der Waals surface area (Å²) >= 11 is 0. The molecule has 0 saturated heterocycles. The van der Waals surface area contributed by atoms with Crippen LogP contribution < -0.4 is 5.32 Å². The SMILES string of the molecule is CCNC(CN(C)CC1CC1)c1cc(C)ccc1C. The van der Waals surface area contributed by atoms with Crippen molar-refractivity contribution in [2.75, 3.05) is 26.7 Å².